The minimum absolute atomic E-state index is 0.0457. The summed E-state index contributed by atoms with van der Waals surface area (Å²) in [5.41, 5.74) is 8.32. The van der Waals surface area contributed by atoms with Crippen LogP contribution in [-0.2, 0) is 0 Å². The van der Waals surface area contributed by atoms with Gasteiger partial charge in [0.1, 0.15) is 17.6 Å². The first kappa shape index (κ1) is 13.7. The van der Waals surface area contributed by atoms with E-state index < -0.39 is 0 Å². The van der Waals surface area contributed by atoms with Crippen molar-refractivity contribution in [3.05, 3.63) is 23.8 Å². The van der Waals surface area contributed by atoms with Crippen molar-refractivity contribution in [3.63, 3.8) is 0 Å². The van der Waals surface area contributed by atoms with Crippen molar-refractivity contribution in [2.45, 2.75) is 0 Å². The molecule has 6 nitrogen and oxygen atoms in total. The maximum Gasteiger partial charge on any atom is 0.184 e. The van der Waals surface area contributed by atoms with Crippen LogP contribution in [0.25, 0.3) is 0 Å². The third-order valence-electron chi connectivity index (χ3n) is 1.89. The van der Waals surface area contributed by atoms with Gasteiger partial charge in [-0.15, -0.1) is 0 Å². The summed E-state index contributed by atoms with van der Waals surface area (Å²) in [7, 11) is 1.55. The van der Waals surface area contributed by atoms with E-state index in [1.54, 1.807) is 25.3 Å². The number of hydrogen-bond acceptors (Lipinski definition) is 5. The number of ether oxygens (including phenoxy) is 2. The fourth-order valence-corrected chi connectivity index (χ4v) is 1.21. The number of methoxy groups -OCH3 is 1. The Morgan fingerprint density at radius 1 is 1.67 bits per heavy atom. The number of rotatable bonds is 5. The summed E-state index contributed by atoms with van der Waals surface area (Å²) in [6, 6.07) is 7.03. The van der Waals surface area contributed by atoms with Crippen molar-refractivity contribution in [2.24, 2.45) is 10.8 Å². The summed E-state index contributed by atoms with van der Waals surface area (Å²) in [5.74, 6) is 1.17. The molecule has 1 rings (SSSR count). The number of nitriles is 1. The molecule has 0 radical (unpaired) electrons. The molecule has 0 bridgehead atoms. The quantitative estimate of drug-likeness (QED) is 0.463. The second kappa shape index (κ2) is 7.09. The van der Waals surface area contributed by atoms with Gasteiger partial charge < -0.3 is 15.2 Å². The van der Waals surface area contributed by atoms with Crippen molar-refractivity contribution in [2.75, 3.05) is 13.7 Å². The zero-order valence-electron chi connectivity index (χ0n) is 9.71. The molecule has 0 aromatic heterocycles. The Bertz CT molecular complexity index is 496. The summed E-state index contributed by atoms with van der Waals surface area (Å²) in [4.78, 5) is 0. The molecule has 0 aliphatic carbocycles. The lowest BCUT2D eigenvalue weighted by molar-refractivity contribution is 0.365. The van der Waals surface area contributed by atoms with E-state index in [1.807, 2.05) is 6.07 Å². The molecule has 0 heterocycles. The van der Waals surface area contributed by atoms with Crippen LogP contribution in [0.5, 0.6) is 11.5 Å². The number of nitrogens with zero attached hydrogens (tertiary/aromatic N) is 2. The van der Waals surface area contributed by atoms with Crippen molar-refractivity contribution >= 4 is 23.5 Å². The molecular formula is C11H12N4O2S. The van der Waals surface area contributed by atoms with E-state index in [-0.39, 0.29) is 11.7 Å². The molecule has 0 fully saturated rings. The number of nitrogens with one attached hydrogen (secondary N) is 1. The number of hydrogen-bond donors (Lipinski definition) is 2. The molecule has 0 atom stereocenters. The molecular weight excluding hydrogens is 252 g/mol. The Labute approximate surface area is 110 Å². The van der Waals surface area contributed by atoms with Crippen LogP contribution in [0.1, 0.15) is 5.56 Å². The van der Waals surface area contributed by atoms with Crippen molar-refractivity contribution in [3.8, 4) is 17.6 Å². The normalized spacial score (nSPS) is 9.78. The van der Waals surface area contributed by atoms with Gasteiger partial charge >= 0.3 is 0 Å². The summed E-state index contributed by atoms with van der Waals surface area (Å²) in [6.07, 6.45) is 1.48. The van der Waals surface area contributed by atoms with Crippen LogP contribution in [0.15, 0.2) is 23.3 Å². The van der Waals surface area contributed by atoms with E-state index >= 15 is 0 Å². The molecule has 0 saturated heterocycles. The van der Waals surface area contributed by atoms with Crippen molar-refractivity contribution < 1.29 is 9.47 Å². The van der Waals surface area contributed by atoms with E-state index in [9.17, 15) is 0 Å². The lowest BCUT2D eigenvalue weighted by Gasteiger charge is -2.07. The third-order valence-corrected chi connectivity index (χ3v) is 1.98. The van der Waals surface area contributed by atoms with Gasteiger partial charge in [-0.05, 0) is 30.4 Å². The highest BCUT2D eigenvalue weighted by Crippen LogP contribution is 2.22. The third kappa shape index (κ3) is 4.27. The Kier molecular flexibility index (Phi) is 5.41. The molecule has 0 aliphatic heterocycles. The fourth-order valence-electron chi connectivity index (χ4n) is 1.16. The second-order valence-electron chi connectivity index (χ2n) is 3.08. The molecule has 0 amide bonds. The van der Waals surface area contributed by atoms with Crippen molar-refractivity contribution in [1.29, 1.82) is 5.26 Å². The lowest BCUT2D eigenvalue weighted by Crippen LogP contribution is -2.24. The molecule has 7 heteroatoms. The van der Waals surface area contributed by atoms with Gasteiger partial charge in [-0.25, -0.2) is 0 Å². The fraction of sp³-hybridized carbons (Fsp3) is 0.182. The topological polar surface area (TPSA) is 92.7 Å². The molecule has 0 unspecified atom stereocenters. The van der Waals surface area contributed by atoms with E-state index in [2.05, 4.69) is 22.7 Å². The van der Waals surface area contributed by atoms with Gasteiger partial charge in [-0.1, -0.05) is 0 Å². The first-order valence-corrected chi connectivity index (χ1v) is 5.34. The van der Waals surface area contributed by atoms with Crippen LogP contribution >= 0.6 is 12.2 Å². The van der Waals surface area contributed by atoms with Gasteiger partial charge in [0.25, 0.3) is 0 Å². The van der Waals surface area contributed by atoms with E-state index in [4.69, 9.17) is 20.5 Å². The molecule has 94 valence electrons. The minimum Gasteiger partial charge on any atom is -0.497 e. The number of benzene rings is 1. The number of thiocarbonyl (C=S) groups is 1. The predicted molar refractivity (Wildman–Crippen MR) is 71.6 cm³/mol. The average Bonchev–Trinajstić information content (AvgIpc) is 2.36. The zero-order valence-corrected chi connectivity index (χ0v) is 10.5. The van der Waals surface area contributed by atoms with Gasteiger partial charge in [0.05, 0.1) is 13.3 Å². The summed E-state index contributed by atoms with van der Waals surface area (Å²) in [5, 5.41) is 12.4. The highest BCUT2D eigenvalue weighted by molar-refractivity contribution is 7.80. The van der Waals surface area contributed by atoms with Gasteiger partial charge in [0, 0.05) is 5.56 Å². The van der Waals surface area contributed by atoms with Gasteiger partial charge in [0.2, 0.25) is 0 Å². The largest absolute Gasteiger partial charge is 0.497 e. The lowest BCUT2D eigenvalue weighted by atomic mass is 10.2. The molecule has 0 aliphatic rings. The molecule has 3 N–H and O–H groups in total. The van der Waals surface area contributed by atoms with Crippen LogP contribution in [0, 0.1) is 11.3 Å². The molecule has 18 heavy (non-hydrogen) atoms. The summed E-state index contributed by atoms with van der Waals surface area (Å²) >= 11 is 4.62. The smallest absolute Gasteiger partial charge is 0.184 e. The van der Waals surface area contributed by atoms with Crippen LogP contribution in [0.4, 0.5) is 0 Å². The molecule has 0 spiro atoms. The Morgan fingerprint density at radius 3 is 3.06 bits per heavy atom. The SMILES string of the molecule is COc1ccc(OCC#N)c(C=NNC(N)=S)c1. The van der Waals surface area contributed by atoms with Crippen LogP contribution in [0.3, 0.4) is 0 Å². The monoisotopic (exact) mass is 264 g/mol. The van der Waals surface area contributed by atoms with Crippen LogP contribution in [-0.4, -0.2) is 25.0 Å². The maximum atomic E-state index is 8.49. The van der Waals surface area contributed by atoms with Crippen LogP contribution < -0.4 is 20.6 Å². The standard InChI is InChI=1S/C11H12N4O2S/c1-16-9-2-3-10(17-5-4-12)8(6-9)7-14-15-11(13)18/h2-3,6-7H,5H2,1H3,(H3,13,15,18). The Balaban J connectivity index is 2.92. The van der Waals surface area contributed by atoms with E-state index in [1.165, 1.54) is 6.21 Å². The van der Waals surface area contributed by atoms with Crippen LogP contribution in [0.2, 0.25) is 0 Å². The Hall–Kier alpha value is -2.33. The average molecular weight is 264 g/mol. The highest BCUT2D eigenvalue weighted by atomic mass is 32.1. The zero-order chi connectivity index (χ0) is 13.4. The van der Waals surface area contributed by atoms with Gasteiger partial charge in [0.15, 0.2) is 11.7 Å². The van der Waals surface area contributed by atoms with E-state index in [0.29, 0.717) is 17.1 Å². The minimum atomic E-state index is -0.0457. The molecule has 1 aromatic rings. The number of hydrazone groups is 1. The highest BCUT2D eigenvalue weighted by Gasteiger charge is 2.03. The summed E-state index contributed by atoms with van der Waals surface area (Å²) < 4.78 is 10.3. The first-order chi connectivity index (χ1) is 8.67. The predicted octanol–water partition coefficient (Wildman–Crippen LogP) is 0.765. The summed E-state index contributed by atoms with van der Waals surface area (Å²) in [6.45, 7) is -0.0457. The Morgan fingerprint density at radius 2 is 2.44 bits per heavy atom. The molecule has 0 saturated carbocycles. The number of nitrogens with two attached hydrogens (primary N) is 1. The second-order valence-corrected chi connectivity index (χ2v) is 3.52. The first-order valence-electron chi connectivity index (χ1n) is 4.93. The van der Waals surface area contributed by atoms with E-state index in [0.717, 1.165) is 0 Å². The van der Waals surface area contributed by atoms with Crippen molar-refractivity contribution in [1.82, 2.24) is 5.43 Å². The molecule has 1 aromatic carbocycles. The van der Waals surface area contributed by atoms with Gasteiger partial charge in [-0.2, -0.15) is 10.4 Å². The maximum absolute atomic E-state index is 8.49. The van der Waals surface area contributed by atoms with Gasteiger partial charge in [-0.3, -0.25) is 5.43 Å².